The van der Waals surface area contributed by atoms with Crippen molar-refractivity contribution >= 4 is 28.7 Å². The zero-order valence-corrected chi connectivity index (χ0v) is 9.91. The Labute approximate surface area is 92.2 Å². The molecule has 5 heteroatoms. The highest BCUT2D eigenvalue weighted by Gasteiger charge is 2.07. The molecule has 0 saturated heterocycles. The first kappa shape index (κ1) is 15.0. The first-order valence-corrected chi connectivity index (χ1v) is 4.95. The Kier molecular flexibility index (Phi) is 11.1. The normalized spacial score (nSPS) is 12.6. The van der Waals surface area contributed by atoms with Crippen LogP contribution in [0.1, 0.15) is 13.8 Å². The van der Waals surface area contributed by atoms with Gasteiger partial charge < -0.3 is 16.6 Å². The third-order valence-electron chi connectivity index (χ3n) is 1.14. The number of alkyl halides is 1. The van der Waals surface area contributed by atoms with Crippen LogP contribution in [0.5, 0.6) is 0 Å². The van der Waals surface area contributed by atoms with Crippen molar-refractivity contribution in [1.82, 2.24) is 0 Å². The summed E-state index contributed by atoms with van der Waals surface area (Å²) in [6.07, 6.45) is -1.33. The summed E-state index contributed by atoms with van der Waals surface area (Å²) in [4.78, 5) is 8.78. The molecule has 0 bridgehead atoms. The van der Waals surface area contributed by atoms with E-state index >= 15 is 0 Å². The van der Waals surface area contributed by atoms with Crippen LogP contribution in [0.25, 0.3) is 0 Å². The molecule has 13 heavy (non-hydrogen) atoms. The minimum atomic E-state index is -1.33. The van der Waals surface area contributed by atoms with Gasteiger partial charge in [0.25, 0.3) is 0 Å². The second-order valence-electron chi connectivity index (χ2n) is 2.25. The monoisotopic (exact) mass is 298 g/mol. The third kappa shape index (κ3) is 14.4. The van der Waals surface area contributed by atoms with E-state index in [0.717, 1.165) is 0 Å². The molecule has 4 nitrogen and oxygen atoms in total. The number of carbonyl (C=O) groups is 1. The lowest BCUT2D eigenvalue weighted by Crippen LogP contribution is -2.19. The lowest BCUT2D eigenvalue weighted by molar-refractivity contribution is 0.205. The molecule has 76 valence electrons. The second kappa shape index (κ2) is 9.61. The van der Waals surface area contributed by atoms with Crippen molar-refractivity contribution in [2.75, 3.05) is 6.54 Å². The van der Waals surface area contributed by atoms with Crippen molar-refractivity contribution in [1.29, 1.82) is 0 Å². The molecule has 0 spiro atoms. The van der Waals surface area contributed by atoms with Crippen LogP contribution in [0, 0.1) is 17.8 Å². The van der Waals surface area contributed by atoms with Gasteiger partial charge >= 0.3 is 6.09 Å². The zero-order valence-electron chi connectivity index (χ0n) is 7.75. The summed E-state index contributed by atoms with van der Waals surface area (Å²) in [6.45, 7) is 4.65. The molecule has 0 fully saturated rings. The lowest BCUT2D eigenvalue weighted by Gasteiger charge is -2.08. The molecular weight excluding hydrogens is 283 g/mol. The number of rotatable bonds is 2. The molecule has 0 aromatic heterocycles. The van der Waals surface area contributed by atoms with Gasteiger partial charge in [0.2, 0.25) is 0 Å². The number of halogens is 1. The number of hydrogen-bond donors (Lipinski definition) is 3. The smallest absolute Gasteiger partial charge is 0.402 e. The van der Waals surface area contributed by atoms with Crippen LogP contribution in [0.3, 0.4) is 0 Å². The molecule has 0 saturated carbocycles. The average molecular weight is 298 g/mol. The first-order valence-electron chi connectivity index (χ1n) is 3.70. The maximum absolute atomic E-state index is 8.78. The molecule has 0 aromatic carbocycles. The highest BCUT2D eigenvalue weighted by atomic mass is 127. The molecule has 0 aliphatic carbocycles. The van der Waals surface area contributed by atoms with Crippen molar-refractivity contribution in [2.45, 2.75) is 17.8 Å². The van der Waals surface area contributed by atoms with E-state index in [9.17, 15) is 0 Å². The first-order chi connectivity index (χ1) is 5.95. The van der Waals surface area contributed by atoms with E-state index < -0.39 is 6.09 Å². The van der Waals surface area contributed by atoms with E-state index in [-0.39, 0.29) is 0 Å². The predicted molar refractivity (Wildman–Crippen MR) is 61.7 cm³/mol. The number of hydrogen-bond acceptors (Lipinski definition) is 2. The molecule has 1 amide bonds. The minimum Gasteiger partial charge on any atom is -0.465 e. The Bertz CT molecular complexity index is 192. The summed E-state index contributed by atoms with van der Waals surface area (Å²) in [5, 5.41) is 7.19. The van der Waals surface area contributed by atoms with E-state index in [2.05, 4.69) is 47.1 Å². The largest absolute Gasteiger partial charge is 0.465 e. The van der Waals surface area contributed by atoms with Gasteiger partial charge in [0.05, 0.1) is 0 Å². The standard InChI is InChI=1S/C7H12IN.CH3NO2/c1-3-4-7(5-9)6(2)8;2-1(3)4/h6-7H,5,9H2,1-2H3;2H2,(H,3,4). The quantitative estimate of drug-likeness (QED) is 0.404. The summed E-state index contributed by atoms with van der Waals surface area (Å²) in [5.74, 6) is 6.29. The topological polar surface area (TPSA) is 89.3 Å². The Morgan fingerprint density at radius 3 is 2.15 bits per heavy atom. The molecular formula is C8H15IN2O2. The highest BCUT2D eigenvalue weighted by molar-refractivity contribution is 14.1. The van der Waals surface area contributed by atoms with Crippen molar-refractivity contribution in [3.63, 3.8) is 0 Å². The van der Waals surface area contributed by atoms with Crippen LogP contribution in [0.2, 0.25) is 0 Å². The highest BCUT2D eigenvalue weighted by Crippen LogP contribution is 2.09. The summed E-state index contributed by atoms with van der Waals surface area (Å²) in [5.41, 5.74) is 9.48. The van der Waals surface area contributed by atoms with Crippen molar-refractivity contribution in [3.05, 3.63) is 0 Å². The Morgan fingerprint density at radius 2 is 2.08 bits per heavy atom. The number of primary amides is 1. The minimum absolute atomic E-state index is 0.371. The van der Waals surface area contributed by atoms with Crippen molar-refractivity contribution in [2.24, 2.45) is 17.4 Å². The van der Waals surface area contributed by atoms with Gasteiger partial charge in [-0.25, -0.2) is 4.79 Å². The molecule has 0 aromatic rings. The fourth-order valence-electron chi connectivity index (χ4n) is 0.547. The Hall–Kier alpha value is -0.480. The average Bonchev–Trinajstić information content (AvgIpc) is 1.98. The maximum atomic E-state index is 8.78. The number of amides is 1. The van der Waals surface area contributed by atoms with Crippen molar-refractivity contribution < 1.29 is 9.90 Å². The van der Waals surface area contributed by atoms with Crippen LogP contribution in [0.4, 0.5) is 4.79 Å². The maximum Gasteiger partial charge on any atom is 0.402 e. The van der Waals surface area contributed by atoms with E-state index in [4.69, 9.17) is 15.6 Å². The molecule has 0 aliphatic rings. The van der Waals surface area contributed by atoms with Crippen LogP contribution in [0.15, 0.2) is 0 Å². The van der Waals surface area contributed by atoms with Crippen molar-refractivity contribution in [3.8, 4) is 11.8 Å². The molecule has 2 unspecified atom stereocenters. The third-order valence-corrected chi connectivity index (χ3v) is 2.01. The summed E-state index contributed by atoms with van der Waals surface area (Å²) >= 11 is 2.35. The fraction of sp³-hybridized carbons (Fsp3) is 0.625. The number of carboxylic acid groups (broad SMARTS) is 1. The fourth-order valence-corrected chi connectivity index (χ4v) is 1.02. The molecule has 0 radical (unpaired) electrons. The van der Waals surface area contributed by atoms with Gasteiger partial charge in [0.1, 0.15) is 0 Å². The van der Waals surface area contributed by atoms with Crippen LogP contribution in [-0.4, -0.2) is 21.7 Å². The zero-order chi connectivity index (χ0) is 10.9. The van der Waals surface area contributed by atoms with E-state index in [1.54, 1.807) is 0 Å². The van der Waals surface area contributed by atoms with Gasteiger partial charge in [-0.3, -0.25) is 0 Å². The molecule has 0 rings (SSSR count). The molecule has 5 N–H and O–H groups in total. The predicted octanol–water partition coefficient (Wildman–Crippen LogP) is 1.03. The Morgan fingerprint density at radius 1 is 1.69 bits per heavy atom. The lowest BCUT2D eigenvalue weighted by atomic mass is 10.1. The van der Waals surface area contributed by atoms with Gasteiger partial charge in [-0.15, -0.1) is 5.92 Å². The van der Waals surface area contributed by atoms with Crippen LogP contribution < -0.4 is 11.5 Å². The molecule has 0 aliphatic heterocycles. The van der Waals surface area contributed by atoms with Gasteiger partial charge in [-0.2, -0.15) is 0 Å². The van der Waals surface area contributed by atoms with E-state index in [0.29, 0.717) is 16.4 Å². The van der Waals surface area contributed by atoms with Gasteiger partial charge in [0, 0.05) is 16.4 Å². The molecule has 2 atom stereocenters. The SMILES string of the molecule is CC#CC(CN)C(C)I.NC(=O)O. The van der Waals surface area contributed by atoms with E-state index in [1.807, 2.05) is 6.92 Å². The van der Waals surface area contributed by atoms with Gasteiger partial charge in [0.15, 0.2) is 0 Å². The molecule has 0 heterocycles. The summed E-state index contributed by atoms with van der Waals surface area (Å²) in [6, 6.07) is 0. The second-order valence-corrected chi connectivity index (χ2v) is 4.22. The summed E-state index contributed by atoms with van der Waals surface area (Å²) < 4.78 is 0.556. The van der Waals surface area contributed by atoms with Gasteiger partial charge in [-0.1, -0.05) is 35.4 Å². The number of nitrogens with two attached hydrogens (primary N) is 2. The summed E-state index contributed by atoms with van der Waals surface area (Å²) in [7, 11) is 0. The van der Waals surface area contributed by atoms with Gasteiger partial charge in [-0.05, 0) is 6.92 Å². The van der Waals surface area contributed by atoms with E-state index in [1.165, 1.54) is 0 Å². The van der Waals surface area contributed by atoms with Crippen LogP contribution in [-0.2, 0) is 0 Å². The Balaban J connectivity index is 0. The van der Waals surface area contributed by atoms with Crippen LogP contribution >= 0.6 is 22.6 Å².